The van der Waals surface area contributed by atoms with E-state index < -0.39 is 10.0 Å². The fourth-order valence-corrected chi connectivity index (χ4v) is 5.12. The zero-order valence-electron chi connectivity index (χ0n) is 15.5. The molecular formula is C18H26N4O2S2. The Hall–Kier alpha value is -1.51. The lowest BCUT2D eigenvalue weighted by molar-refractivity contribution is 0.346. The lowest BCUT2D eigenvalue weighted by Crippen LogP contribution is -2.35. The van der Waals surface area contributed by atoms with Gasteiger partial charge in [0.2, 0.25) is 15.2 Å². The number of benzene rings is 1. The van der Waals surface area contributed by atoms with E-state index in [2.05, 4.69) is 36.3 Å². The van der Waals surface area contributed by atoms with E-state index in [-0.39, 0.29) is 5.41 Å². The first-order valence-electron chi connectivity index (χ1n) is 8.94. The van der Waals surface area contributed by atoms with Crippen LogP contribution >= 0.6 is 11.3 Å². The van der Waals surface area contributed by atoms with Crippen LogP contribution in [-0.2, 0) is 22.0 Å². The third-order valence-electron chi connectivity index (χ3n) is 4.39. The van der Waals surface area contributed by atoms with Gasteiger partial charge in [-0.05, 0) is 30.5 Å². The Balaban J connectivity index is 1.63. The van der Waals surface area contributed by atoms with E-state index in [1.165, 1.54) is 0 Å². The maximum absolute atomic E-state index is 12.7. The smallest absolute Gasteiger partial charge is 0.243 e. The normalized spacial score (nSPS) is 16.6. The number of aromatic nitrogens is 2. The van der Waals surface area contributed by atoms with Crippen molar-refractivity contribution in [2.45, 2.75) is 56.9 Å². The van der Waals surface area contributed by atoms with Crippen LogP contribution in [0, 0.1) is 0 Å². The van der Waals surface area contributed by atoms with Crippen LogP contribution in [0.2, 0.25) is 0 Å². The second-order valence-corrected chi connectivity index (χ2v) is 10.5. The summed E-state index contributed by atoms with van der Waals surface area (Å²) in [6.45, 7) is 8.16. The van der Waals surface area contributed by atoms with E-state index in [0.717, 1.165) is 35.0 Å². The molecule has 0 unspecified atom stereocenters. The topological polar surface area (TPSA) is 75.2 Å². The highest BCUT2D eigenvalue weighted by Gasteiger charge is 2.25. The van der Waals surface area contributed by atoms with Crippen LogP contribution < -0.4 is 5.32 Å². The molecule has 1 aliphatic rings. The lowest BCUT2D eigenvalue weighted by atomic mass is 9.98. The van der Waals surface area contributed by atoms with E-state index in [0.29, 0.717) is 24.5 Å². The standard InChI is InChI=1S/C18H26N4O2S2/c1-18(2,3)16-20-21-17(25-16)19-13-14-7-9-15(10-8-14)26(23,24)22-11-5-4-6-12-22/h7-10H,4-6,11-13H2,1-3H3,(H,19,21). The van der Waals surface area contributed by atoms with Crippen molar-refractivity contribution in [3.05, 3.63) is 34.8 Å². The Bertz CT molecular complexity index is 833. The van der Waals surface area contributed by atoms with Crippen molar-refractivity contribution >= 4 is 26.5 Å². The SMILES string of the molecule is CC(C)(C)c1nnc(NCc2ccc(S(=O)(=O)N3CCCCC3)cc2)s1. The van der Waals surface area contributed by atoms with Crippen molar-refractivity contribution in [1.29, 1.82) is 0 Å². The van der Waals surface area contributed by atoms with Gasteiger partial charge in [-0.25, -0.2) is 8.42 Å². The summed E-state index contributed by atoms with van der Waals surface area (Å²) in [5, 5.41) is 13.4. The van der Waals surface area contributed by atoms with Crippen molar-refractivity contribution in [1.82, 2.24) is 14.5 Å². The molecule has 0 saturated carbocycles. The number of piperidine rings is 1. The van der Waals surface area contributed by atoms with Gasteiger partial charge in [0.15, 0.2) is 0 Å². The molecule has 3 rings (SSSR count). The van der Waals surface area contributed by atoms with E-state index in [9.17, 15) is 8.42 Å². The molecule has 1 saturated heterocycles. The second-order valence-electron chi connectivity index (χ2n) is 7.62. The molecule has 1 aromatic carbocycles. The molecule has 2 aromatic rings. The predicted octanol–water partition coefficient (Wildman–Crippen LogP) is 3.62. The molecule has 0 atom stereocenters. The number of hydrogen-bond donors (Lipinski definition) is 1. The quantitative estimate of drug-likeness (QED) is 0.838. The fourth-order valence-electron chi connectivity index (χ4n) is 2.81. The minimum absolute atomic E-state index is 0.0118. The van der Waals surface area contributed by atoms with Crippen molar-refractivity contribution in [2.24, 2.45) is 0 Å². The number of rotatable bonds is 5. The molecular weight excluding hydrogens is 368 g/mol. The highest BCUT2D eigenvalue weighted by molar-refractivity contribution is 7.89. The Morgan fingerprint density at radius 1 is 1.08 bits per heavy atom. The van der Waals surface area contributed by atoms with Gasteiger partial charge in [-0.3, -0.25) is 0 Å². The van der Waals surface area contributed by atoms with E-state index in [1.807, 2.05) is 12.1 Å². The number of sulfonamides is 1. The molecule has 0 spiro atoms. The molecule has 142 valence electrons. The van der Waals surface area contributed by atoms with Crippen molar-refractivity contribution in [3.8, 4) is 0 Å². The van der Waals surface area contributed by atoms with Gasteiger partial charge in [-0.2, -0.15) is 4.31 Å². The van der Waals surface area contributed by atoms with Crippen LogP contribution in [0.5, 0.6) is 0 Å². The van der Waals surface area contributed by atoms with E-state index >= 15 is 0 Å². The van der Waals surface area contributed by atoms with Gasteiger partial charge in [0, 0.05) is 25.0 Å². The first kappa shape index (κ1) is 19.3. The molecule has 26 heavy (non-hydrogen) atoms. The van der Waals surface area contributed by atoms with Gasteiger partial charge < -0.3 is 5.32 Å². The van der Waals surface area contributed by atoms with Crippen LogP contribution in [-0.4, -0.2) is 36.0 Å². The van der Waals surface area contributed by atoms with Gasteiger partial charge in [-0.15, -0.1) is 10.2 Å². The Kier molecular flexibility index (Phi) is 5.64. The van der Waals surface area contributed by atoms with Gasteiger partial charge in [0.1, 0.15) is 5.01 Å². The number of nitrogens with zero attached hydrogens (tertiary/aromatic N) is 3. The number of nitrogens with one attached hydrogen (secondary N) is 1. The summed E-state index contributed by atoms with van der Waals surface area (Å²) in [4.78, 5) is 0.370. The molecule has 0 bridgehead atoms. The molecule has 1 N–H and O–H groups in total. The fraction of sp³-hybridized carbons (Fsp3) is 0.556. The summed E-state index contributed by atoms with van der Waals surface area (Å²) in [6, 6.07) is 7.11. The monoisotopic (exact) mass is 394 g/mol. The van der Waals surface area contributed by atoms with Crippen LogP contribution in [0.4, 0.5) is 5.13 Å². The third kappa shape index (κ3) is 4.42. The minimum atomic E-state index is -3.37. The molecule has 2 heterocycles. The highest BCUT2D eigenvalue weighted by atomic mass is 32.2. The maximum atomic E-state index is 12.7. The Morgan fingerprint density at radius 3 is 2.31 bits per heavy atom. The molecule has 0 radical (unpaired) electrons. The largest absolute Gasteiger partial charge is 0.356 e. The summed E-state index contributed by atoms with van der Waals surface area (Å²) in [6.07, 6.45) is 3.00. The van der Waals surface area contributed by atoms with Gasteiger partial charge in [0.05, 0.1) is 4.90 Å². The molecule has 0 aliphatic carbocycles. The molecule has 6 nitrogen and oxygen atoms in total. The molecule has 1 aliphatic heterocycles. The Morgan fingerprint density at radius 2 is 1.73 bits per heavy atom. The lowest BCUT2D eigenvalue weighted by Gasteiger charge is -2.25. The highest BCUT2D eigenvalue weighted by Crippen LogP contribution is 2.28. The van der Waals surface area contributed by atoms with Crippen LogP contribution in [0.3, 0.4) is 0 Å². The maximum Gasteiger partial charge on any atom is 0.243 e. The molecule has 0 amide bonds. The Labute approximate surface area is 159 Å². The van der Waals surface area contributed by atoms with Crippen molar-refractivity contribution in [3.63, 3.8) is 0 Å². The van der Waals surface area contributed by atoms with E-state index in [4.69, 9.17) is 0 Å². The first-order chi connectivity index (χ1) is 12.3. The average molecular weight is 395 g/mol. The second kappa shape index (κ2) is 7.62. The zero-order chi connectivity index (χ0) is 18.8. The van der Waals surface area contributed by atoms with Crippen LogP contribution in [0.1, 0.15) is 50.6 Å². The summed E-state index contributed by atoms with van der Waals surface area (Å²) in [5.74, 6) is 0. The third-order valence-corrected chi connectivity index (χ3v) is 7.61. The van der Waals surface area contributed by atoms with Crippen LogP contribution in [0.25, 0.3) is 0 Å². The molecule has 1 fully saturated rings. The minimum Gasteiger partial charge on any atom is -0.356 e. The summed E-state index contributed by atoms with van der Waals surface area (Å²) in [7, 11) is -3.37. The van der Waals surface area contributed by atoms with Gasteiger partial charge in [-0.1, -0.05) is 50.7 Å². The first-order valence-corrected chi connectivity index (χ1v) is 11.2. The summed E-state index contributed by atoms with van der Waals surface area (Å²) < 4.78 is 26.9. The van der Waals surface area contributed by atoms with Crippen LogP contribution in [0.15, 0.2) is 29.2 Å². The van der Waals surface area contributed by atoms with Gasteiger partial charge >= 0.3 is 0 Å². The van der Waals surface area contributed by atoms with Gasteiger partial charge in [0.25, 0.3) is 0 Å². The number of anilines is 1. The average Bonchev–Trinajstić information content (AvgIpc) is 3.10. The predicted molar refractivity (Wildman–Crippen MR) is 105 cm³/mol. The summed E-state index contributed by atoms with van der Waals surface area (Å²) in [5.41, 5.74) is 0.998. The zero-order valence-corrected chi connectivity index (χ0v) is 17.2. The van der Waals surface area contributed by atoms with Crippen molar-refractivity contribution < 1.29 is 8.42 Å². The number of hydrogen-bond acceptors (Lipinski definition) is 6. The van der Waals surface area contributed by atoms with Crippen molar-refractivity contribution in [2.75, 3.05) is 18.4 Å². The molecule has 8 heteroatoms. The van der Waals surface area contributed by atoms with E-state index in [1.54, 1.807) is 27.8 Å². The summed E-state index contributed by atoms with van der Waals surface area (Å²) >= 11 is 1.55. The molecule has 1 aromatic heterocycles.